The number of nitrogens with zero attached hydrogens (tertiary/aromatic N) is 2. The van der Waals surface area contributed by atoms with Crippen molar-refractivity contribution in [3.63, 3.8) is 0 Å². The lowest BCUT2D eigenvalue weighted by Crippen LogP contribution is -2.51. The molecule has 0 radical (unpaired) electrons. The van der Waals surface area contributed by atoms with Crippen LogP contribution in [0.25, 0.3) is 0 Å². The van der Waals surface area contributed by atoms with Gasteiger partial charge >= 0.3 is 0 Å². The fraction of sp³-hybridized carbons (Fsp3) is 0.727. The zero-order valence-electron chi connectivity index (χ0n) is 16.5. The van der Waals surface area contributed by atoms with E-state index in [4.69, 9.17) is 0 Å². The molecule has 3 heteroatoms. The number of hydrogen-bond donors (Lipinski definition) is 1. The molecule has 2 heterocycles. The van der Waals surface area contributed by atoms with Crippen LogP contribution < -0.4 is 5.32 Å². The van der Waals surface area contributed by atoms with Crippen LogP contribution >= 0.6 is 0 Å². The summed E-state index contributed by atoms with van der Waals surface area (Å²) < 4.78 is 0. The van der Waals surface area contributed by atoms with Crippen LogP contribution in [-0.2, 0) is 13.0 Å². The van der Waals surface area contributed by atoms with E-state index in [0.29, 0.717) is 6.04 Å². The van der Waals surface area contributed by atoms with Gasteiger partial charge in [-0.25, -0.2) is 0 Å². The summed E-state index contributed by atoms with van der Waals surface area (Å²) in [7, 11) is 2.24. The van der Waals surface area contributed by atoms with E-state index in [2.05, 4.69) is 60.3 Å². The quantitative estimate of drug-likeness (QED) is 0.852. The van der Waals surface area contributed by atoms with Crippen LogP contribution in [0.15, 0.2) is 24.3 Å². The maximum Gasteiger partial charge on any atom is 0.0234 e. The van der Waals surface area contributed by atoms with Gasteiger partial charge in [0.15, 0.2) is 0 Å². The Morgan fingerprint density at radius 2 is 1.64 bits per heavy atom. The molecule has 0 aliphatic carbocycles. The number of piperidine rings is 2. The van der Waals surface area contributed by atoms with Crippen LogP contribution in [0.3, 0.4) is 0 Å². The summed E-state index contributed by atoms with van der Waals surface area (Å²) in [5, 5.41) is 3.96. The predicted octanol–water partition coefficient (Wildman–Crippen LogP) is 3.53. The first-order valence-corrected chi connectivity index (χ1v) is 10.3. The van der Waals surface area contributed by atoms with E-state index in [1.54, 1.807) is 0 Å². The molecule has 2 aliphatic rings. The first-order valence-electron chi connectivity index (χ1n) is 10.3. The van der Waals surface area contributed by atoms with Gasteiger partial charge < -0.3 is 10.2 Å². The Morgan fingerprint density at radius 3 is 2.32 bits per heavy atom. The lowest BCUT2D eigenvalue weighted by atomic mass is 9.99. The minimum Gasteiger partial charge on any atom is -0.310 e. The summed E-state index contributed by atoms with van der Waals surface area (Å²) in [5.74, 6) is 0.736. The summed E-state index contributed by atoms with van der Waals surface area (Å²) in [4.78, 5) is 5.10. The van der Waals surface area contributed by atoms with Crippen LogP contribution in [0.4, 0.5) is 0 Å². The second kappa shape index (κ2) is 9.16. The van der Waals surface area contributed by atoms with Crippen molar-refractivity contribution in [3.8, 4) is 0 Å². The van der Waals surface area contributed by atoms with Gasteiger partial charge in [-0.15, -0.1) is 0 Å². The lowest BCUT2D eigenvalue weighted by Gasteiger charge is -2.37. The van der Waals surface area contributed by atoms with Crippen LogP contribution in [0.2, 0.25) is 0 Å². The van der Waals surface area contributed by atoms with Crippen molar-refractivity contribution in [2.45, 2.75) is 64.6 Å². The van der Waals surface area contributed by atoms with Gasteiger partial charge in [0.25, 0.3) is 0 Å². The highest BCUT2D eigenvalue weighted by molar-refractivity contribution is 5.23. The molecule has 1 aromatic rings. The largest absolute Gasteiger partial charge is 0.310 e. The van der Waals surface area contributed by atoms with Crippen molar-refractivity contribution in [1.29, 1.82) is 0 Å². The molecule has 1 N–H and O–H groups in total. The van der Waals surface area contributed by atoms with Crippen LogP contribution in [-0.4, -0.2) is 55.1 Å². The molecule has 0 amide bonds. The van der Waals surface area contributed by atoms with Gasteiger partial charge in [0.2, 0.25) is 0 Å². The molecule has 2 saturated heterocycles. The topological polar surface area (TPSA) is 18.5 Å². The Bertz CT molecular complexity index is 503. The van der Waals surface area contributed by atoms with Gasteiger partial charge in [0.1, 0.15) is 0 Å². The Morgan fingerprint density at radius 1 is 0.960 bits per heavy atom. The van der Waals surface area contributed by atoms with Crippen LogP contribution in [0, 0.1) is 5.92 Å². The van der Waals surface area contributed by atoms with Crippen molar-refractivity contribution in [3.05, 3.63) is 35.4 Å². The molecular formula is C22H37N3. The molecule has 2 fully saturated rings. The second-order valence-corrected chi connectivity index (χ2v) is 8.73. The highest BCUT2D eigenvalue weighted by Crippen LogP contribution is 2.17. The third kappa shape index (κ3) is 6.09. The smallest absolute Gasteiger partial charge is 0.0234 e. The van der Waals surface area contributed by atoms with Crippen molar-refractivity contribution >= 4 is 0 Å². The highest BCUT2D eigenvalue weighted by Gasteiger charge is 2.24. The normalized spacial score (nSPS) is 24.1. The molecule has 1 atom stereocenters. The number of benzene rings is 1. The van der Waals surface area contributed by atoms with E-state index in [1.165, 1.54) is 69.4 Å². The monoisotopic (exact) mass is 343 g/mol. The third-order valence-corrected chi connectivity index (χ3v) is 5.77. The first kappa shape index (κ1) is 18.9. The summed E-state index contributed by atoms with van der Waals surface area (Å²) in [6.07, 6.45) is 6.48. The van der Waals surface area contributed by atoms with Gasteiger partial charge in [0.05, 0.1) is 0 Å². The average molecular weight is 344 g/mol. The molecule has 2 aliphatic heterocycles. The predicted molar refractivity (Wildman–Crippen MR) is 107 cm³/mol. The molecule has 0 bridgehead atoms. The SMILES string of the molecule is CC(C)Cc1ccc(CN2CCC[C@H](NC3CCN(C)CC3)C2)cc1. The Hall–Kier alpha value is -0.900. The van der Waals surface area contributed by atoms with Gasteiger partial charge in [-0.1, -0.05) is 38.1 Å². The maximum atomic E-state index is 3.96. The standard InChI is InChI=1S/C22H37N3/c1-18(2)15-19-6-8-20(9-7-19)16-25-12-4-5-22(17-25)23-21-10-13-24(3)14-11-21/h6-9,18,21-23H,4-5,10-17H2,1-3H3/t22-/m0/s1. The molecule has 3 nitrogen and oxygen atoms in total. The second-order valence-electron chi connectivity index (χ2n) is 8.73. The van der Waals surface area contributed by atoms with E-state index < -0.39 is 0 Å². The molecule has 0 aromatic heterocycles. The van der Waals surface area contributed by atoms with E-state index in [-0.39, 0.29) is 0 Å². The first-order chi connectivity index (χ1) is 12.1. The molecule has 0 saturated carbocycles. The Kier molecular flexibility index (Phi) is 6.92. The van der Waals surface area contributed by atoms with Crippen molar-refractivity contribution in [2.24, 2.45) is 5.92 Å². The van der Waals surface area contributed by atoms with Gasteiger partial charge in [0, 0.05) is 25.2 Å². The minimum atomic E-state index is 0.683. The minimum absolute atomic E-state index is 0.683. The molecular weight excluding hydrogens is 306 g/mol. The summed E-state index contributed by atoms with van der Waals surface area (Å²) in [6, 6.07) is 10.7. The number of rotatable bonds is 6. The maximum absolute atomic E-state index is 3.96. The Labute approximate surface area is 154 Å². The molecule has 140 valence electrons. The number of nitrogens with one attached hydrogen (secondary N) is 1. The van der Waals surface area contributed by atoms with Crippen molar-refractivity contribution in [2.75, 3.05) is 33.2 Å². The molecule has 1 aromatic carbocycles. The van der Waals surface area contributed by atoms with Gasteiger partial charge in [-0.3, -0.25) is 4.90 Å². The Balaban J connectivity index is 1.46. The fourth-order valence-corrected chi connectivity index (χ4v) is 4.35. The zero-order valence-corrected chi connectivity index (χ0v) is 16.5. The third-order valence-electron chi connectivity index (χ3n) is 5.77. The molecule has 0 unspecified atom stereocenters. The molecule has 3 rings (SSSR count). The fourth-order valence-electron chi connectivity index (χ4n) is 4.35. The molecule has 25 heavy (non-hydrogen) atoms. The van der Waals surface area contributed by atoms with Crippen molar-refractivity contribution in [1.82, 2.24) is 15.1 Å². The number of hydrogen-bond acceptors (Lipinski definition) is 3. The van der Waals surface area contributed by atoms with Crippen molar-refractivity contribution < 1.29 is 0 Å². The number of likely N-dealkylation sites (tertiary alicyclic amines) is 2. The summed E-state index contributed by atoms with van der Waals surface area (Å²) in [6.45, 7) is 10.6. The average Bonchev–Trinajstić information content (AvgIpc) is 2.59. The van der Waals surface area contributed by atoms with Crippen LogP contribution in [0.1, 0.15) is 50.7 Å². The zero-order chi connectivity index (χ0) is 17.6. The van der Waals surface area contributed by atoms with Crippen LogP contribution in [0.5, 0.6) is 0 Å². The summed E-state index contributed by atoms with van der Waals surface area (Å²) in [5.41, 5.74) is 2.94. The van der Waals surface area contributed by atoms with E-state index >= 15 is 0 Å². The van der Waals surface area contributed by atoms with E-state index in [9.17, 15) is 0 Å². The van der Waals surface area contributed by atoms with E-state index in [1.807, 2.05) is 0 Å². The highest BCUT2D eigenvalue weighted by atomic mass is 15.2. The molecule has 0 spiro atoms. The van der Waals surface area contributed by atoms with E-state index in [0.717, 1.165) is 18.5 Å². The lowest BCUT2D eigenvalue weighted by molar-refractivity contribution is 0.157. The van der Waals surface area contributed by atoms with Gasteiger partial charge in [-0.2, -0.15) is 0 Å². The summed E-state index contributed by atoms with van der Waals surface area (Å²) >= 11 is 0. The van der Waals surface area contributed by atoms with Gasteiger partial charge in [-0.05, 0) is 75.8 Å².